The summed E-state index contributed by atoms with van der Waals surface area (Å²) in [7, 11) is 2.99. The molecule has 0 fully saturated rings. The van der Waals surface area contributed by atoms with Gasteiger partial charge in [0.15, 0.2) is 23.0 Å². The van der Waals surface area contributed by atoms with E-state index in [0.29, 0.717) is 40.9 Å². The van der Waals surface area contributed by atoms with Crippen molar-refractivity contribution in [3.8, 4) is 17.2 Å². The summed E-state index contributed by atoms with van der Waals surface area (Å²) in [4.78, 5) is 13.1. The summed E-state index contributed by atoms with van der Waals surface area (Å²) in [6.07, 6.45) is 6.22. The van der Waals surface area contributed by atoms with Crippen molar-refractivity contribution in [1.29, 1.82) is 0 Å². The van der Waals surface area contributed by atoms with Gasteiger partial charge in [0.2, 0.25) is 0 Å². The Hall–Kier alpha value is -4.38. The van der Waals surface area contributed by atoms with Crippen LogP contribution in [0.25, 0.3) is 11.3 Å². The zero-order valence-corrected chi connectivity index (χ0v) is 22.5. The molecule has 5 rings (SSSR count). The predicted molar refractivity (Wildman–Crippen MR) is 146 cm³/mol. The third kappa shape index (κ3) is 5.17. The number of para-hydroxylation sites is 1. The first kappa shape index (κ1) is 26.2. The van der Waals surface area contributed by atoms with Gasteiger partial charge in [0, 0.05) is 25.7 Å². The van der Waals surface area contributed by atoms with Gasteiger partial charge in [0.25, 0.3) is 5.95 Å². The van der Waals surface area contributed by atoms with Gasteiger partial charge in [-0.15, -0.1) is 10.2 Å². The molecule has 2 aromatic heterocycles. The highest BCUT2D eigenvalue weighted by Crippen LogP contribution is 2.37. The average Bonchev–Trinajstić information content (AvgIpc) is 3.36. The number of phenolic OH excluding ortho intramolecular Hbond substituents is 1. The maximum atomic E-state index is 13.6. The van der Waals surface area contributed by atoms with E-state index in [9.17, 15) is 9.66 Å². The monoisotopic (exact) mass is 546 g/mol. The van der Waals surface area contributed by atoms with Crippen LogP contribution in [0.2, 0.25) is 0 Å². The predicted octanol–water partition coefficient (Wildman–Crippen LogP) is 2.52. The molecule has 0 spiro atoms. The van der Waals surface area contributed by atoms with Crippen molar-refractivity contribution in [3.63, 3.8) is 0 Å². The lowest BCUT2D eigenvalue weighted by atomic mass is 10.1. The molecule has 200 valence electrons. The van der Waals surface area contributed by atoms with Crippen LogP contribution in [0.1, 0.15) is 30.2 Å². The largest absolute Gasteiger partial charge is 0.593 e. The lowest BCUT2D eigenvalue weighted by molar-refractivity contribution is 0.0949. The molecule has 0 saturated heterocycles. The molecule has 2 aliphatic rings. The second-order valence-electron chi connectivity index (χ2n) is 8.65. The first-order valence-electron chi connectivity index (χ1n) is 12.0. The Morgan fingerprint density at radius 1 is 1.21 bits per heavy atom. The van der Waals surface area contributed by atoms with Crippen LogP contribution in [-0.2, 0) is 16.1 Å². The highest BCUT2D eigenvalue weighted by Gasteiger charge is 2.34. The summed E-state index contributed by atoms with van der Waals surface area (Å²) in [6.45, 7) is 4.23. The smallest absolute Gasteiger partial charge is 0.271 e. The first-order valence-corrected chi connectivity index (χ1v) is 13.2. The van der Waals surface area contributed by atoms with E-state index in [2.05, 4.69) is 46.7 Å². The van der Waals surface area contributed by atoms with Crippen LogP contribution in [-0.4, -0.2) is 66.6 Å². The summed E-state index contributed by atoms with van der Waals surface area (Å²) < 4.78 is 29.2. The SMILES string of the molecule is COc1cccc(O)c1-n1c(N[S+]([O-])C(C)C(OC)c2ncc(C)cn2)nnc1C1=C=C=C2NCC=NC2=C1. The number of anilines is 1. The first-order chi connectivity index (χ1) is 18.9. The van der Waals surface area contributed by atoms with Crippen molar-refractivity contribution in [2.45, 2.75) is 25.2 Å². The molecule has 3 N–H and O–H groups in total. The maximum absolute atomic E-state index is 13.6. The van der Waals surface area contributed by atoms with Crippen LogP contribution in [0.3, 0.4) is 0 Å². The minimum Gasteiger partial charge on any atom is -0.593 e. The Balaban J connectivity index is 1.57. The van der Waals surface area contributed by atoms with E-state index in [4.69, 9.17) is 9.47 Å². The van der Waals surface area contributed by atoms with E-state index in [1.165, 1.54) is 24.9 Å². The Kier molecular flexibility index (Phi) is 7.51. The lowest BCUT2D eigenvalue weighted by Crippen LogP contribution is -2.33. The van der Waals surface area contributed by atoms with Crippen molar-refractivity contribution in [2.75, 3.05) is 25.5 Å². The molecule has 1 aliphatic heterocycles. The quantitative estimate of drug-likeness (QED) is 0.269. The number of fused-ring (bicyclic) bond motifs is 1. The molecule has 3 atom stereocenters. The number of rotatable bonds is 9. The van der Waals surface area contributed by atoms with Gasteiger partial charge in [0.1, 0.15) is 22.9 Å². The maximum Gasteiger partial charge on any atom is 0.271 e. The van der Waals surface area contributed by atoms with Gasteiger partial charge in [-0.1, -0.05) is 11.8 Å². The van der Waals surface area contributed by atoms with E-state index in [1.807, 2.05) is 6.92 Å². The summed E-state index contributed by atoms with van der Waals surface area (Å²) in [5.74, 6) is 1.06. The average molecular weight is 547 g/mol. The number of benzene rings is 1. The van der Waals surface area contributed by atoms with Crippen LogP contribution in [0.15, 0.2) is 64.5 Å². The number of ether oxygens (including phenoxy) is 2. The van der Waals surface area contributed by atoms with Gasteiger partial charge in [0.05, 0.1) is 36.3 Å². The third-order valence-corrected chi connectivity index (χ3v) is 7.36. The number of hydrogen-bond donors (Lipinski definition) is 3. The highest BCUT2D eigenvalue weighted by atomic mass is 32.2. The molecule has 3 unspecified atom stereocenters. The Bertz CT molecular complexity index is 1550. The number of nitrogens with zero attached hydrogens (tertiary/aromatic N) is 6. The van der Waals surface area contributed by atoms with E-state index in [-0.39, 0.29) is 17.4 Å². The van der Waals surface area contributed by atoms with Gasteiger partial charge in [-0.2, -0.15) is 4.72 Å². The molecule has 12 nitrogen and oxygen atoms in total. The van der Waals surface area contributed by atoms with Crippen LogP contribution in [0, 0.1) is 6.92 Å². The molecule has 0 saturated carbocycles. The molecule has 0 radical (unpaired) electrons. The molecule has 0 bridgehead atoms. The summed E-state index contributed by atoms with van der Waals surface area (Å²) in [5, 5.41) is 22.1. The fourth-order valence-corrected chi connectivity index (χ4v) is 5.03. The van der Waals surface area contributed by atoms with Crippen LogP contribution in [0.5, 0.6) is 11.5 Å². The summed E-state index contributed by atoms with van der Waals surface area (Å²) >= 11 is -1.75. The van der Waals surface area contributed by atoms with Gasteiger partial charge < -0.3 is 24.4 Å². The van der Waals surface area contributed by atoms with E-state index < -0.39 is 22.7 Å². The highest BCUT2D eigenvalue weighted by molar-refractivity contribution is 7.93. The molecular formula is C26H26N8O4S. The number of nitrogens with one attached hydrogen (secondary N) is 2. The molecule has 3 heterocycles. The molecular weight excluding hydrogens is 520 g/mol. The van der Waals surface area contributed by atoms with E-state index >= 15 is 0 Å². The minimum atomic E-state index is -1.75. The number of methoxy groups -OCH3 is 2. The number of aromatic nitrogens is 5. The summed E-state index contributed by atoms with van der Waals surface area (Å²) in [6, 6.07) is 4.85. The van der Waals surface area contributed by atoms with Crippen molar-refractivity contribution in [1.82, 2.24) is 30.0 Å². The van der Waals surface area contributed by atoms with Crippen molar-refractivity contribution in [3.05, 3.63) is 76.7 Å². The minimum absolute atomic E-state index is 0.0956. The topological polar surface area (TPSA) is 155 Å². The second kappa shape index (κ2) is 11.2. The normalized spacial score (nSPS) is 16.3. The molecule has 3 aromatic rings. The fourth-order valence-electron chi connectivity index (χ4n) is 4.08. The fraction of sp³-hybridized carbons (Fsp3) is 0.269. The Labute approximate surface area is 227 Å². The molecule has 1 aromatic carbocycles. The number of hydrogen-bond acceptors (Lipinski definition) is 11. The lowest BCUT2D eigenvalue weighted by Gasteiger charge is -2.24. The molecule has 0 amide bonds. The third-order valence-electron chi connectivity index (χ3n) is 6.05. The van der Waals surface area contributed by atoms with Gasteiger partial charge in [-0.3, -0.25) is 9.56 Å². The zero-order chi connectivity index (χ0) is 27.5. The van der Waals surface area contributed by atoms with E-state index in [0.717, 1.165) is 5.56 Å². The number of aromatic hydroxyl groups is 1. The summed E-state index contributed by atoms with van der Waals surface area (Å²) in [5.41, 5.74) is 9.15. The van der Waals surface area contributed by atoms with Crippen molar-refractivity contribution in [2.24, 2.45) is 4.99 Å². The van der Waals surface area contributed by atoms with Crippen LogP contribution >= 0.6 is 0 Å². The van der Waals surface area contributed by atoms with Crippen LogP contribution in [0.4, 0.5) is 5.95 Å². The van der Waals surface area contributed by atoms with E-state index in [1.54, 1.807) is 43.7 Å². The van der Waals surface area contributed by atoms with Crippen LogP contribution < -0.4 is 14.8 Å². The molecule has 39 heavy (non-hydrogen) atoms. The Morgan fingerprint density at radius 3 is 2.74 bits per heavy atom. The zero-order valence-electron chi connectivity index (χ0n) is 21.7. The standard InChI is InChI=1S/C26H26N8O4S/c1-15-13-29-24(30-14-15)23(38-4)16(2)39(36)33-26-32-31-25(17-8-9-18-19(12-17)28-11-10-27-18)34(26)22-20(35)6-5-7-21(22)37-3/h5-7,11-14,16,23,27,35H,10H2,1-4H3,(H,32,33). The Morgan fingerprint density at radius 2 is 2.00 bits per heavy atom. The molecule has 13 heteroatoms. The number of phenols is 1. The number of aryl methyl sites for hydroxylation is 1. The van der Waals surface area contributed by atoms with Gasteiger partial charge >= 0.3 is 0 Å². The number of allylic oxidation sites excluding steroid dienone is 2. The van der Waals surface area contributed by atoms with Gasteiger partial charge in [-0.25, -0.2) is 9.97 Å². The number of aliphatic imine (C=N–C) groups is 1. The second-order valence-corrected chi connectivity index (χ2v) is 10.2. The molecule has 1 aliphatic carbocycles. The van der Waals surface area contributed by atoms with Gasteiger partial charge in [-0.05, 0) is 43.4 Å². The van der Waals surface area contributed by atoms with Crippen molar-refractivity contribution >= 4 is 29.1 Å². The van der Waals surface area contributed by atoms with Crippen molar-refractivity contribution < 1.29 is 19.1 Å².